The second kappa shape index (κ2) is 6.80. The van der Waals surface area contributed by atoms with E-state index in [9.17, 15) is 26.7 Å². The summed E-state index contributed by atoms with van der Waals surface area (Å²) in [4.78, 5) is 4.12. The van der Waals surface area contributed by atoms with Gasteiger partial charge in [-0.3, -0.25) is 0 Å². The highest BCUT2D eigenvalue weighted by Crippen LogP contribution is 2.33. The maximum absolute atomic E-state index is 12.4. The molecule has 27 heavy (non-hydrogen) atoms. The third-order valence-electron chi connectivity index (χ3n) is 4.64. The molecule has 0 aromatic heterocycles. The number of rotatable bonds is 4. The van der Waals surface area contributed by atoms with Crippen molar-refractivity contribution in [3.05, 3.63) is 41.8 Å². The molecule has 1 atom stereocenters. The molecule has 1 saturated heterocycles. The summed E-state index contributed by atoms with van der Waals surface area (Å²) >= 11 is 0. The van der Waals surface area contributed by atoms with Crippen LogP contribution in [-0.4, -0.2) is 54.9 Å². The molecule has 2 aliphatic heterocycles. The predicted octanol–water partition coefficient (Wildman–Crippen LogP) is 1.56. The number of aliphatic imine (C=N–C) groups is 1. The fourth-order valence-electron chi connectivity index (χ4n) is 3.19. The zero-order valence-electron chi connectivity index (χ0n) is 14.1. The molecule has 1 fully saturated rings. The molecular weight excluding hydrogens is 387 g/mol. The minimum atomic E-state index is -4.81. The number of halogens is 3. The second-order valence-electron chi connectivity index (χ2n) is 6.32. The van der Waals surface area contributed by atoms with Gasteiger partial charge in [0.05, 0.1) is 5.54 Å². The number of ether oxygens (including phenoxy) is 1. The number of benzene rings is 1. The van der Waals surface area contributed by atoms with Gasteiger partial charge in [0.2, 0.25) is 10.0 Å². The zero-order valence-corrected chi connectivity index (χ0v) is 14.9. The van der Waals surface area contributed by atoms with Crippen LogP contribution in [0, 0.1) is 0 Å². The lowest BCUT2D eigenvalue weighted by Crippen LogP contribution is -2.57. The summed E-state index contributed by atoms with van der Waals surface area (Å²) in [6.07, 6.45) is -5.39. The Hall–Kier alpha value is -2.11. The van der Waals surface area contributed by atoms with E-state index in [1.54, 1.807) is 0 Å². The van der Waals surface area contributed by atoms with Gasteiger partial charge >= 0.3 is 6.36 Å². The van der Waals surface area contributed by atoms with Gasteiger partial charge in [-0.15, -0.1) is 13.2 Å². The van der Waals surface area contributed by atoms with Crippen molar-refractivity contribution in [1.29, 1.82) is 0 Å². The fraction of sp³-hybridized carbons (Fsp3) is 0.438. The first-order valence-electron chi connectivity index (χ1n) is 8.07. The quantitative estimate of drug-likeness (QED) is 0.794. The van der Waals surface area contributed by atoms with E-state index >= 15 is 0 Å². The second-order valence-corrected chi connectivity index (χ2v) is 8.20. The number of aliphatic hydroxyl groups is 1. The first-order valence-corrected chi connectivity index (χ1v) is 9.58. The van der Waals surface area contributed by atoms with E-state index < -0.39 is 33.9 Å². The lowest BCUT2D eigenvalue weighted by molar-refractivity contribution is -0.274. The van der Waals surface area contributed by atoms with Crippen molar-refractivity contribution in [3.63, 3.8) is 0 Å². The molecule has 2 aliphatic rings. The Balaban J connectivity index is 1.74. The van der Waals surface area contributed by atoms with Crippen molar-refractivity contribution < 1.29 is 31.4 Å². The van der Waals surface area contributed by atoms with Crippen LogP contribution in [-0.2, 0) is 10.0 Å². The Kier molecular flexibility index (Phi) is 4.95. The van der Waals surface area contributed by atoms with Gasteiger partial charge in [0, 0.05) is 24.1 Å². The van der Waals surface area contributed by atoms with Gasteiger partial charge in [0.15, 0.2) is 6.23 Å². The van der Waals surface area contributed by atoms with E-state index in [0.717, 1.165) is 11.5 Å². The number of alkyl halides is 3. The van der Waals surface area contributed by atoms with E-state index in [1.807, 2.05) is 0 Å². The molecule has 1 aromatic carbocycles. The van der Waals surface area contributed by atoms with E-state index in [2.05, 4.69) is 21.6 Å². The largest absolute Gasteiger partial charge is 0.573 e. The first kappa shape index (κ1) is 19.6. The maximum Gasteiger partial charge on any atom is 0.573 e. The summed E-state index contributed by atoms with van der Waals surface area (Å²) in [6.45, 7) is 3.62. The van der Waals surface area contributed by atoms with E-state index in [-0.39, 0.29) is 31.8 Å². The van der Waals surface area contributed by atoms with E-state index in [0.29, 0.717) is 5.56 Å². The molecule has 7 nitrogen and oxygen atoms in total. The van der Waals surface area contributed by atoms with Gasteiger partial charge in [-0.25, -0.2) is 13.4 Å². The standard InChI is InChI=1S/C16H18F3N3O4S/c1-2-27(24,25)22-8-6-15(7-9-22)14(23)20-13(21-15)11-4-3-5-12(10-11)26-16(17,18)19/h2-5,10,14,23H,1,6-9H2,(H,20,21). The zero-order chi connectivity index (χ0) is 19.9. The van der Waals surface area contributed by atoms with Gasteiger partial charge in [0.1, 0.15) is 11.6 Å². The minimum Gasteiger partial charge on any atom is -0.406 e. The smallest absolute Gasteiger partial charge is 0.406 e. The summed E-state index contributed by atoms with van der Waals surface area (Å²) in [5, 5.41) is 14.3. The molecule has 0 aliphatic carbocycles. The Morgan fingerprint density at radius 3 is 2.63 bits per heavy atom. The Labute approximate surface area is 154 Å². The summed E-state index contributed by atoms with van der Waals surface area (Å²) in [5.74, 6) is -0.165. The number of hydrogen-bond donors (Lipinski definition) is 2. The number of hydrogen-bond acceptors (Lipinski definition) is 6. The van der Waals surface area contributed by atoms with Crippen LogP contribution in [0.15, 0.2) is 41.2 Å². The minimum absolute atomic E-state index is 0.165. The van der Waals surface area contributed by atoms with Crippen LogP contribution >= 0.6 is 0 Å². The fourth-order valence-corrected chi connectivity index (χ4v) is 4.10. The highest BCUT2D eigenvalue weighted by molar-refractivity contribution is 7.92. The lowest BCUT2D eigenvalue weighted by Gasteiger charge is -2.40. The van der Waals surface area contributed by atoms with Gasteiger partial charge in [-0.1, -0.05) is 18.7 Å². The van der Waals surface area contributed by atoms with Gasteiger partial charge in [0.25, 0.3) is 0 Å². The molecule has 2 heterocycles. The topological polar surface area (TPSA) is 91.2 Å². The van der Waals surface area contributed by atoms with Crippen LogP contribution in [0.25, 0.3) is 0 Å². The number of amidine groups is 1. The van der Waals surface area contributed by atoms with Gasteiger partial charge in [-0.05, 0) is 25.0 Å². The van der Waals surface area contributed by atoms with Crippen molar-refractivity contribution in [2.24, 2.45) is 4.99 Å². The van der Waals surface area contributed by atoms with E-state index in [1.165, 1.54) is 22.5 Å². The molecule has 0 saturated carbocycles. The molecular formula is C16H18F3N3O4S. The highest BCUT2D eigenvalue weighted by Gasteiger charge is 2.47. The number of nitrogens with zero attached hydrogens (tertiary/aromatic N) is 2. The normalized spacial score (nSPS) is 23.0. The predicted molar refractivity (Wildman–Crippen MR) is 91.5 cm³/mol. The molecule has 2 N–H and O–H groups in total. The summed E-state index contributed by atoms with van der Waals surface area (Å²) in [7, 11) is -3.55. The van der Waals surface area contributed by atoms with Crippen molar-refractivity contribution in [3.8, 4) is 5.75 Å². The molecule has 11 heteroatoms. The van der Waals surface area contributed by atoms with Crippen LogP contribution < -0.4 is 10.1 Å². The number of aliphatic hydroxyl groups excluding tert-OH is 1. The molecule has 3 rings (SSSR count). The molecule has 0 radical (unpaired) electrons. The molecule has 148 valence electrons. The molecule has 1 spiro atoms. The third-order valence-corrected chi connectivity index (χ3v) is 6.15. The average Bonchev–Trinajstić information content (AvgIpc) is 2.90. The van der Waals surface area contributed by atoms with Crippen LogP contribution in [0.5, 0.6) is 5.75 Å². The van der Waals surface area contributed by atoms with Crippen LogP contribution in [0.1, 0.15) is 18.4 Å². The van der Waals surface area contributed by atoms with Crippen molar-refractivity contribution in [2.45, 2.75) is 31.0 Å². The average molecular weight is 405 g/mol. The number of nitrogens with one attached hydrogen (secondary N) is 1. The SMILES string of the molecule is C=CS(=O)(=O)N1CCC2(CC1)NC(c1cccc(OC(F)(F)F)c1)=NC2O. The number of sulfonamides is 1. The Morgan fingerprint density at radius 2 is 2.04 bits per heavy atom. The third kappa shape index (κ3) is 4.09. The summed E-state index contributed by atoms with van der Waals surface area (Å²) in [5.41, 5.74) is -0.544. The molecule has 0 bridgehead atoms. The number of piperidine rings is 1. The van der Waals surface area contributed by atoms with Crippen molar-refractivity contribution in [2.75, 3.05) is 13.1 Å². The van der Waals surface area contributed by atoms with Crippen molar-refractivity contribution in [1.82, 2.24) is 9.62 Å². The van der Waals surface area contributed by atoms with Crippen LogP contribution in [0.4, 0.5) is 13.2 Å². The van der Waals surface area contributed by atoms with Gasteiger partial charge in [-0.2, -0.15) is 4.31 Å². The maximum atomic E-state index is 12.4. The molecule has 1 unspecified atom stereocenters. The van der Waals surface area contributed by atoms with Crippen LogP contribution in [0.3, 0.4) is 0 Å². The van der Waals surface area contributed by atoms with Gasteiger partial charge < -0.3 is 15.2 Å². The first-order chi connectivity index (χ1) is 12.5. The van der Waals surface area contributed by atoms with Crippen LogP contribution in [0.2, 0.25) is 0 Å². The lowest BCUT2D eigenvalue weighted by atomic mass is 9.87. The molecule has 0 amide bonds. The summed E-state index contributed by atoms with van der Waals surface area (Å²) in [6, 6.07) is 5.26. The van der Waals surface area contributed by atoms with E-state index in [4.69, 9.17) is 0 Å². The summed E-state index contributed by atoms with van der Waals surface area (Å²) < 4.78 is 66.1. The Bertz CT molecular complexity index is 862. The molecule has 1 aromatic rings. The Morgan fingerprint density at radius 1 is 1.37 bits per heavy atom. The monoisotopic (exact) mass is 405 g/mol. The highest BCUT2D eigenvalue weighted by atomic mass is 32.2. The van der Waals surface area contributed by atoms with Crippen molar-refractivity contribution >= 4 is 15.9 Å².